The third-order valence-electron chi connectivity index (χ3n) is 6.88. The average Bonchev–Trinajstić information content (AvgIpc) is 2.74. The fraction of sp³-hybridized carbons (Fsp3) is 1.00. The van der Waals surface area contributed by atoms with Crippen molar-refractivity contribution in [1.29, 1.82) is 0 Å². The highest BCUT2D eigenvalue weighted by molar-refractivity contribution is 5.06. The fourth-order valence-corrected chi connectivity index (χ4v) is 5.48. The number of fused-ring (bicyclic) bond motifs is 5. The maximum absolute atomic E-state index is 3.98. The van der Waals surface area contributed by atoms with Crippen LogP contribution in [0.4, 0.5) is 0 Å². The Morgan fingerprint density at radius 3 is 2.65 bits per heavy atom. The predicted molar refractivity (Wildman–Crippen MR) is 70.8 cm³/mol. The van der Waals surface area contributed by atoms with E-state index in [-0.39, 0.29) is 0 Å². The first-order valence-electron chi connectivity index (χ1n) is 8.05. The molecule has 0 amide bonds. The lowest BCUT2D eigenvalue weighted by atomic mass is 9.79. The summed E-state index contributed by atoms with van der Waals surface area (Å²) in [4.78, 5) is 0. The van der Waals surface area contributed by atoms with Crippen LogP contribution in [0, 0.1) is 29.1 Å². The second-order valence-corrected chi connectivity index (χ2v) is 7.49. The maximum atomic E-state index is 3.98. The van der Waals surface area contributed by atoms with E-state index < -0.39 is 0 Å². The van der Waals surface area contributed by atoms with Crippen LogP contribution in [0.15, 0.2) is 0 Å². The molecule has 4 rings (SSSR count). The second-order valence-electron chi connectivity index (χ2n) is 7.49. The highest BCUT2D eigenvalue weighted by Gasteiger charge is 2.54. The van der Waals surface area contributed by atoms with E-state index in [1.807, 2.05) is 0 Å². The van der Waals surface area contributed by atoms with Crippen molar-refractivity contribution in [3.05, 3.63) is 0 Å². The molecule has 1 N–H and O–H groups in total. The average molecular weight is 233 g/mol. The zero-order chi connectivity index (χ0) is 11.5. The van der Waals surface area contributed by atoms with Gasteiger partial charge in [-0.15, -0.1) is 0 Å². The molecule has 0 radical (unpaired) electrons. The largest absolute Gasteiger partial charge is 0.313 e. The topological polar surface area (TPSA) is 12.0 Å². The van der Waals surface area contributed by atoms with E-state index in [0.29, 0.717) is 0 Å². The Labute approximate surface area is 106 Å². The summed E-state index contributed by atoms with van der Waals surface area (Å²) in [6.07, 6.45) is 12.1. The first-order chi connectivity index (χ1) is 8.31. The number of rotatable bonds is 4. The molecule has 5 atom stereocenters. The van der Waals surface area contributed by atoms with Crippen molar-refractivity contribution in [2.45, 2.75) is 64.3 Å². The van der Waals surface area contributed by atoms with Gasteiger partial charge < -0.3 is 5.32 Å². The molecular weight excluding hydrogens is 206 g/mol. The molecule has 1 nitrogen and oxygen atoms in total. The van der Waals surface area contributed by atoms with Crippen LogP contribution >= 0.6 is 0 Å². The Kier molecular flexibility index (Phi) is 2.38. The zero-order valence-electron chi connectivity index (χ0n) is 11.3. The summed E-state index contributed by atoms with van der Waals surface area (Å²) in [5.74, 6) is 4.46. The third-order valence-corrected chi connectivity index (χ3v) is 6.88. The van der Waals surface area contributed by atoms with Gasteiger partial charge in [0.15, 0.2) is 0 Å². The van der Waals surface area contributed by atoms with Crippen LogP contribution in [0.2, 0.25) is 0 Å². The molecule has 0 spiro atoms. The van der Waals surface area contributed by atoms with Crippen molar-refractivity contribution in [2.75, 3.05) is 6.54 Å². The fourth-order valence-electron chi connectivity index (χ4n) is 5.48. The van der Waals surface area contributed by atoms with Gasteiger partial charge in [0.05, 0.1) is 0 Å². The molecule has 0 heterocycles. The Balaban J connectivity index is 1.38. The molecule has 0 aromatic carbocycles. The molecule has 4 saturated carbocycles. The summed E-state index contributed by atoms with van der Waals surface area (Å²) in [5, 5.41) is 3.98. The smallest absolute Gasteiger partial charge is 0.0101 e. The van der Waals surface area contributed by atoms with Crippen LogP contribution in [-0.2, 0) is 0 Å². The quantitative estimate of drug-likeness (QED) is 0.782. The van der Waals surface area contributed by atoms with E-state index in [0.717, 1.165) is 35.1 Å². The minimum absolute atomic E-state index is 0.733. The van der Waals surface area contributed by atoms with Crippen molar-refractivity contribution < 1.29 is 0 Å². The first kappa shape index (κ1) is 10.8. The summed E-state index contributed by atoms with van der Waals surface area (Å²) in [6.45, 7) is 3.71. The number of hydrogen-bond donors (Lipinski definition) is 1. The van der Waals surface area contributed by atoms with Crippen LogP contribution < -0.4 is 5.32 Å². The van der Waals surface area contributed by atoms with Gasteiger partial charge in [-0.05, 0) is 74.0 Å². The van der Waals surface area contributed by atoms with Crippen molar-refractivity contribution in [2.24, 2.45) is 29.1 Å². The molecule has 2 bridgehead atoms. The van der Waals surface area contributed by atoms with Crippen molar-refractivity contribution in [1.82, 2.24) is 5.32 Å². The Morgan fingerprint density at radius 2 is 1.88 bits per heavy atom. The van der Waals surface area contributed by atoms with Crippen LogP contribution in [0.3, 0.4) is 0 Å². The predicted octanol–water partition coefficient (Wildman–Crippen LogP) is 3.59. The van der Waals surface area contributed by atoms with E-state index in [2.05, 4.69) is 12.2 Å². The molecule has 4 aliphatic carbocycles. The molecule has 0 aliphatic heterocycles. The minimum Gasteiger partial charge on any atom is -0.313 e. The first-order valence-corrected chi connectivity index (χ1v) is 8.05. The van der Waals surface area contributed by atoms with Gasteiger partial charge in [-0.3, -0.25) is 0 Å². The lowest BCUT2D eigenvalue weighted by Crippen LogP contribution is -2.41. The second kappa shape index (κ2) is 3.73. The highest BCUT2D eigenvalue weighted by Crippen LogP contribution is 2.59. The molecule has 0 aromatic heterocycles. The standard InChI is InChI=1S/C16H27N/c1-2-16(6-7-16)10-17-15-9-11-8-14(15)13-5-3-4-12(11)13/h11-15,17H,2-10H2,1H3. The minimum atomic E-state index is 0.733. The summed E-state index contributed by atoms with van der Waals surface area (Å²) >= 11 is 0. The van der Waals surface area contributed by atoms with E-state index in [1.54, 1.807) is 19.3 Å². The Morgan fingerprint density at radius 1 is 1.06 bits per heavy atom. The maximum Gasteiger partial charge on any atom is 0.0101 e. The lowest BCUT2D eigenvalue weighted by Gasteiger charge is -2.33. The molecule has 0 aromatic rings. The molecule has 17 heavy (non-hydrogen) atoms. The number of nitrogens with one attached hydrogen (secondary N) is 1. The summed E-state index contributed by atoms with van der Waals surface area (Å²) in [5.41, 5.74) is 0.733. The van der Waals surface area contributed by atoms with E-state index in [9.17, 15) is 0 Å². The molecule has 0 saturated heterocycles. The monoisotopic (exact) mass is 233 g/mol. The van der Waals surface area contributed by atoms with E-state index in [1.165, 1.54) is 38.6 Å². The molecule has 5 unspecified atom stereocenters. The van der Waals surface area contributed by atoms with Gasteiger partial charge >= 0.3 is 0 Å². The van der Waals surface area contributed by atoms with Gasteiger partial charge in [0.1, 0.15) is 0 Å². The van der Waals surface area contributed by atoms with Crippen molar-refractivity contribution in [3.63, 3.8) is 0 Å². The van der Waals surface area contributed by atoms with Crippen molar-refractivity contribution >= 4 is 0 Å². The molecule has 4 fully saturated rings. The van der Waals surface area contributed by atoms with Gasteiger partial charge in [-0.2, -0.15) is 0 Å². The van der Waals surface area contributed by atoms with Crippen LogP contribution in [0.25, 0.3) is 0 Å². The normalized spacial score (nSPS) is 49.6. The van der Waals surface area contributed by atoms with E-state index in [4.69, 9.17) is 0 Å². The SMILES string of the molecule is CCC1(CNC2CC3CC2C2CCCC32)CC1. The molecule has 4 aliphatic rings. The van der Waals surface area contributed by atoms with Crippen LogP contribution in [0.1, 0.15) is 58.3 Å². The molecular formula is C16H27N. The molecule has 1 heteroatoms. The molecule has 96 valence electrons. The van der Waals surface area contributed by atoms with E-state index >= 15 is 0 Å². The summed E-state index contributed by atoms with van der Waals surface area (Å²) < 4.78 is 0. The van der Waals surface area contributed by atoms with Crippen LogP contribution in [-0.4, -0.2) is 12.6 Å². The van der Waals surface area contributed by atoms with Gasteiger partial charge in [0, 0.05) is 12.6 Å². The van der Waals surface area contributed by atoms with Crippen molar-refractivity contribution in [3.8, 4) is 0 Å². The summed E-state index contributed by atoms with van der Waals surface area (Å²) in [6, 6.07) is 0.906. The lowest BCUT2D eigenvalue weighted by molar-refractivity contribution is 0.201. The van der Waals surface area contributed by atoms with Crippen LogP contribution in [0.5, 0.6) is 0 Å². The van der Waals surface area contributed by atoms with Gasteiger partial charge in [0.25, 0.3) is 0 Å². The van der Waals surface area contributed by atoms with Gasteiger partial charge in [-0.1, -0.05) is 13.3 Å². The zero-order valence-corrected chi connectivity index (χ0v) is 11.3. The van der Waals surface area contributed by atoms with Gasteiger partial charge in [-0.25, -0.2) is 0 Å². The Hall–Kier alpha value is -0.0400. The van der Waals surface area contributed by atoms with Gasteiger partial charge in [0.2, 0.25) is 0 Å². The Bertz CT molecular complexity index is 307. The number of hydrogen-bond acceptors (Lipinski definition) is 1. The summed E-state index contributed by atoms with van der Waals surface area (Å²) in [7, 11) is 0. The third kappa shape index (κ3) is 1.61. The highest BCUT2D eigenvalue weighted by atomic mass is 15.0.